The van der Waals surface area contributed by atoms with Crippen LogP contribution in [0, 0.1) is 5.92 Å². The Kier molecular flexibility index (Phi) is 4.55. The Morgan fingerprint density at radius 2 is 1.88 bits per heavy atom. The molecule has 100 valence electrons. The van der Waals surface area contributed by atoms with Crippen molar-refractivity contribution in [1.29, 1.82) is 0 Å². The zero-order chi connectivity index (χ0) is 13.1. The predicted molar refractivity (Wildman–Crippen MR) is 68.7 cm³/mol. The van der Waals surface area contributed by atoms with Gasteiger partial charge in [-0.25, -0.2) is 0 Å². The monoisotopic (exact) mass is 242 g/mol. The highest BCUT2D eigenvalue weighted by Gasteiger charge is 2.36. The molecule has 0 radical (unpaired) electrons. The van der Waals surface area contributed by atoms with Crippen molar-refractivity contribution >= 4 is 5.91 Å². The highest BCUT2D eigenvalue weighted by Crippen LogP contribution is 2.32. The number of aliphatic hydroxyl groups is 1. The van der Waals surface area contributed by atoms with Crippen LogP contribution in [0.5, 0.6) is 0 Å². The predicted octanol–water partition coefficient (Wildman–Crippen LogP) is 1.04. The maximum Gasteiger partial charge on any atom is 0.223 e. The molecule has 0 aromatic rings. The van der Waals surface area contributed by atoms with E-state index >= 15 is 0 Å². The van der Waals surface area contributed by atoms with Crippen molar-refractivity contribution in [3.8, 4) is 0 Å². The molecule has 0 saturated heterocycles. The first-order valence-corrected chi connectivity index (χ1v) is 6.44. The Hall–Kier alpha value is -0.610. The number of amides is 1. The van der Waals surface area contributed by atoms with Gasteiger partial charge in [-0.3, -0.25) is 4.79 Å². The summed E-state index contributed by atoms with van der Waals surface area (Å²) in [4.78, 5) is 12.0. The lowest BCUT2D eigenvalue weighted by Crippen LogP contribution is -2.52. The average molecular weight is 242 g/mol. The normalized spacial score (nSPS) is 30.1. The van der Waals surface area contributed by atoms with Crippen molar-refractivity contribution < 1.29 is 9.90 Å². The molecule has 0 aromatic carbocycles. The maximum absolute atomic E-state index is 12.0. The van der Waals surface area contributed by atoms with E-state index in [0.29, 0.717) is 0 Å². The van der Waals surface area contributed by atoms with Crippen molar-refractivity contribution in [2.75, 3.05) is 13.7 Å². The van der Waals surface area contributed by atoms with Gasteiger partial charge in [0.05, 0.1) is 6.61 Å². The molecular weight excluding hydrogens is 216 g/mol. The van der Waals surface area contributed by atoms with Crippen molar-refractivity contribution in [1.82, 2.24) is 10.6 Å². The highest BCUT2D eigenvalue weighted by molar-refractivity contribution is 5.79. The molecule has 1 amide bonds. The van der Waals surface area contributed by atoms with Gasteiger partial charge in [-0.15, -0.1) is 0 Å². The van der Waals surface area contributed by atoms with Crippen LogP contribution in [0.2, 0.25) is 0 Å². The van der Waals surface area contributed by atoms with Crippen LogP contribution in [0.1, 0.15) is 46.5 Å². The lowest BCUT2D eigenvalue weighted by molar-refractivity contribution is -0.128. The fourth-order valence-electron chi connectivity index (χ4n) is 2.39. The summed E-state index contributed by atoms with van der Waals surface area (Å²) in [5.74, 6) is 0.252. The lowest BCUT2D eigenvalue weighted by Gasteiger charge is -2.38. The Morgan fingerprint density at radius 3 is 2.24 bits per heavy atom. The van der Waals surface area contributed by atoms with Gasteiger partial charge >= 0.3 is 0 Å². The van der Waals surface area contributed by atoms with Crippen LogP contribution in [0.3, 0.4) is 0 Å². The maximum atomic E-state index is 12.0. The minimum atomic E-state index is -0.168. The van der Waals surface area contributed by atoms with Crippen LogP contribution in [0.25, 0.3) is 0 Å². The van der Waals surface area contributed by atoms with Crippen LogP contribution in [0.15, 0.2) is 0 Å². The molecule has 1 aliphatic carbocycles. The second-order valence-electron chi connectivity index (χ2n) is 6.20. The van der Waals surface area contributed by atoms with E-state index in [1.165, 1.54) is 0 Å². The van der Waals surface area contributed by atoms with E-state index < -0.39 is 0 Å². The topological polar surface area (TPSA) is 61.4 Å². The van der Waals surface area contributed by atoms with Gasteiger partial charge in [-0.1, -0.05) is 0 Å². The molecule has 0 atom stereocenters. The number of hydrogen-bond donors (Lipinski definition) is 3. The third-order valence-corrected chi connectivity index (χ3v) is 3.64. The molecule has 1 fully saturated rings. The first-order valence-electron chi connectivity index (χ1n) is 6.44. The van der Waals surface area contributed by atoms with Gasteiger partial charge in [-0.05, 0) is 53.5 Å². The largest absolute Gasteiger partial charge is 0.394 e. The van der Waals surface area contributed by atoms with Crippen LogP contribution in [-0.2, 0) is 4.79 Å². The van der Waals surface area contributed by atoms with Crippen LogP contribution < -0.4 is 10.6 Å². The molecule has 0 heterocycles. The molecule has 0 unspecified atom stereocenters. The second kappa shape index (κ2) is 5.36. The van der Waals surface area contributed by atoms with Crippen molar-refractivity contribution in [3.63, 3.8) is 0 Å². The molecule has 1 aliphatic rings. The van der Waals surface area contributed by atoms with Gasteiger partial charge in [0.25, 0.3) is 0 Å². The van der Waals surface area contributed by atoms with Crippen molar-refractivity contribution in [3.05, 3.63) is 0 Å². The second-order valence-corrected chi connectivity index (χ2v) is 6.20. The molecule has 0 spiro atoms. The fourth-order valence-corrected chi connectivity index (χ4v) is 2.39. The molecule has 3 N–H and O–H groups in total. The van der Waals surface area contributed by atoms with E-state index in [1.807, 2.05) is 27.8 Å². The van der Waals surface area contributed by atoms with Gasteiger partial charge in [0.15, 0.2) is 0 Å². The standard InChI is InChI=1S/C13H26N2O2/c1-12(2,3)15-11(17)10-5-7-13(9-16,14-4)8-6-10/h10,14,16H,5-9H2,1-4H3,(H,15,17). The summed E-state index contributed by atoms with van der Waals surface area (Å²) >= 11 is 0. The van der Waals surface area contributed by atoms with Gasteiger partial charge in [0.2, 0.25) is 5.91 Å². The van der Waals surface area contributed by atoms with Crippen LogP contribution in [-0.4, -0.2) is 35.7 Å². The minimum Gasteiger partial charge on any atom is -0.394 e. The van der Waals surface area contributed by atoms with E-state index in [9.17, 15) is 9.90 Å². The molecule has 0 bridgehead atoms. The Bertz CT molecular complexity index is 257. The first-order chi connectivity index (χ1) is 7.82. The first kappa shape index (κ1) is 14.5. The molecule has 4 heteroatoms. The lowest BCUT2D eigenvalue weighted by atomic mass is 9.76. The molecule has 1 rings (SSSR count). The third kappa shape index (κ3) is 3.96. The summed E-state index contributed by atoms with van der Waals surface area (Å²) < 4.78 is 0. The summed E-state index contributed by atoms with van der Waals surface area (Å²) in [5, 5.41) is 15.6. The summed E-state index contributed by atoms with van der Waals surface area (Å²) in [6.45, 7) is 6.15. The Morgan fingerprint density at radius 1 is 1.35 bits per heavy atom. The van der Waals surface area contributed by atoms with E-state index in [1.54, 1.807) is 0 Å². The smallest absolute Gasteiger partial charge is 0.223 e. The van der Waals surface area contributed by atoms with E-state index in [4.69, 9.17) is 0 Å². The fraction of sp³-hybridized carbons (Fsp3) is 0.923. The number of carbonyl (C=O) groups excluding carboxylic acids is 1. The summed E-state index contributed by atoms with van der Waals surface area (Å²) in [7, 11) is 1.88. The van der Waals surface area contributed by atoms with Gasteiger partial charge in [0, 0.05) is 17.0 Å². The number of hydrogen-bond acceptors (Lipinski definition) is 3. The highest BCUT2D eigenvalue weighted by atomic mass is 16.3. The molecule has 0 aliphatic heterocycles. The number of nitrogens with one attached hydrogen (secondary N) is 2. The number of carbonyl (C=O) groups is 1. The average Bonchev–Trinajstić information content (AvgIpc) is 2.27. The van der Waals surface area contributed by atoms with Crippen molar-refractivity contribution in [2.24, 2.45) is 5.92 Å². The SMILES string of the molecule is CNC1(CO)CCC(C(=O)NC(C)(C)C)CC1. The molecule has 17 heavy (non-hydrogen) atoms. The molecule has 0 aromatic heterocycles. The Balaban J connectivity index is 2.49. The summed E-state index contributed by atoms with van der Waals surface area (Å²) in [6.07, 6.45) is 3.43. The van der Waals surface area contributed by atoms with Gasteiger partial charge < -0.3 is 15.7 Å². The molecular formula is C13H26N2O2. The zero-order valence-electron chi connectivity index (χ0n) is 11.5. The van der Waals surface area contributed by atoms with Crippen molar-refractivity contribution in [2.45, 2.75) is 57.5 Å². The quantitative estimate of drug-likeness (QED) is 0.693. The number of aliphatic hydroxyl groups excluding tert-OH is 1. The molecule has 4 nitrogen and oxygen atoms in total. The summed E-state index contributed by atoms with van der Waals surface area (Å²) in [5.41, 5.74) is -0.329. The summed E-state index contributed by atoms with van der Waals surface area (Å²) in [6, 6.07) is 0. The van der Waals surface area contributed by atoms with Crippen LogP contribution in [0.4, 0.5) is 0 Å². The van der Waals surface area contributed by atoms with Crippen LogP contribution >= 0.6 is 0 Å². The van der Waals surface area contributed by atoms with E-state index in [2.05, 4.69) is 10.6 Å². The third-order valence-electron chi connectivity index (χ3n) is 3.64. The molecule has 1 saturated carbocycles. The number of likely N-dealkylation sites (N-methyl/N-ethyl adjacent to an activating group) is 1. The zero-order valence-corrected chi connectivity index (χ0v) is 11.5. The van der Waals surface area contributed by atoms with E-state index in [0.717, 1.165) is 25.7 Å². The van der Waals surface area contributed by atoms with E-state index in [-0.39, 0.29) is 29.5 Å². The minimum absolute atomic E-state index is 0.0993. The van der Waals surface area contributed by atoms with Gasteiger partial charge in [0.1, 0.15) is 0 Å². The number of rotatable bonds is 3. The van der Waals surface area contributed by atoms with Gasteiger partial charge in [-0.2, -0.15) is 0 Å². The Labute approximate surface area is 104 Å².